The SMILES string of the molecule is CCc1ccccc1NC(=O)[C@@H](CC(C)C)NS(=O)(=O)c1ccc(OC)cc1. The van der Waals surface area contributed by atoms with Crippen LogP contribution in [0, 0.1) is 5.92 Å². The molecule has 7 heteroatoms. The van der Waals surface area contributed by atoms with Crippen LogP contribution in [0.4, 0.5) is 5.69 Å². The Morgan fingerprint density at radius 2 is 1.71 bits per heavy atom. The number of benzene rings is 2. The first kappa shape index (κ1) is 21.9. The van der Waals surface area contributed by atoms with Gasteiger partial charge in [-0.1, -0.05) is 39.0 Å². The number of ether oxygens (including phenoxy) is 1. The highest BCUT2D eigenvalue weighted by Crippen LogP contribution is 2.19. The van der Waals surface area contributed by atoms with Gasteiger partial charge in [0.1, 0.15) is 11.8 Å². The smallest absolute Gasteiger partial charge is 0.242 e. The maximum absolute atomic E-state index is 12.9. The molecule has 28 heavy (non-hydrogen) atoms. The quantitative estimate of drug-likeness (QED) is 0.669. The summed E-state index contributed by atoms with van der Waals surface area (Å²) in [5.74, 6) is 0.328. The molecule has 2 aromatic carbocycles. The van der Waals surface area contributed by atoms with Crippen molar-refractivity contribution in [2.75, 3.05) is 12.4 Å². The standard InChI is InChI=1S/C21H28N2O4S/c1-5-16-8-6-7-9-19(16)22-21(24)20(14-15(2)3)23-28(25,26)18-12-10-17(27-4)11-13-18/h6-13,15,20,23H,5,14H2,1-4H3,(H,22,24)/t20-/m1/s1. The average molecular weight is 405 g/mol. The molecule has 0 saturated carbocycles. The molecule has 6 nitrogen and oxygen atoms in total. The second-order valence-electron chi connectivity index (χ2n) is 6.98. The lowest BCUT2D eigenvalue weighted by Crippen LogP contribution is -2.44. The molecule has 0 saturated heterocycles. The third kappa shape index (κ3) is 5.81. The normalized spacial score (nSPS) is 12.6. The summed E-state index contributed by atoms with van der Waals surface area (Å²) >= 11 is 0. The van der Waals surface area contributed by atoms with Crippen LogP contribution >= 0.6 is 0 Å². The molecular formula is C21H28N2O4S. The lowest BCUT2D eigenvalue weighted by atomic mass is 10.0. The molecule has 0 heterocycles. The van der Waals surface area contributed by atoms with Gasteiger partial charge in [-0.3, -0.25) is 4.79 Å². The number of nitrogens with one attached hydrogen (secondary N) is 2. The molecule has 0 spiro atoms. The molecule has 2 rings (SSSR count). The van der Waals surface area contributed by atoms with Gasteiger partial charge in [0, 0.05) is 5.69 Å². The monoisotopic (exact) mass is 404 g/mol. The zero-order chi connectivity index (χ0) is 20.7. The van der Waals surface area contributed by atoms with E-state index in [-0.39, 0.29) is 16.7 Å². The van der Waals surface area contributed by atoms with Crippen LogP contribution in [0.3, 0.4) is 0 Å². The fourth-order valence-electron chi connectivity index (χ4n) is 2.86. The molecule has 0 aliphatic heterocycles. The fraction of sp³-hybridized carbons (Fsp3) is 0.381. The van der Waals surface area contributed by atoms with E-state index >= 15 is 0 Å². The van der Waals surface area contributed by atoms with Crippen molar-refractivity contribution in [1.29, 1.82) is 0 Å². The van der Waals surface area contributed by atoms with Crippen LogP contribution in [0.5, 0.6) is 5.75 Å². The van der Waals surface area contributed by atoms with Crippen LogP contribution in [0.25, 0.3) is 0 Å². The van der Waals surface area contributed by atoms with E-state index in [1.165, 1.54) is 19.2 Å². The van der Waals surface area contributed by atoms with Crippen molar-refractivity contribution in [3.05, 3.63) is 54.1 Å². The molecular weight excluding hydrogens is 376 g/mol. The van der Waals surface area contributed by atoms with Crippen molar-refractivity contribution in [1.82, 2.24) is 4.72 Å². The molecule has 152 valence electrons. The van der Waals surface area contributed by atoms with E-state index in [4.69, 9.17) is 4.74 Å². The molecule has 0 aliphatic carbocycles. The minimum Gasteiger partial charge on any atom is -0.497 e. The van der Waals surface area contributed by atoms with E-state index in [1.807, 2.05) is 45.0 Å². The van der Waals surface area contributed by atoms with Gasteiger partial charge in [0.05, 0.1) is 12.0 Å². The van der Waals surface area contributed by atoms with E-state index < -0.39 is 16.1 Å². The average Bonchev–Trinajstić information content (AvgIpc) is 2.67. The van der Waals surface area contributed by atoms with Crippen LogP contribution in [-0.4, -0.2) is 27.5 Å². The Bertz CT molecular complexity index is 893. The summed E-state index contributed by atoms with van der Waals surface area (Å²) in [6.45, 7) is 5.90. The number of carbonyl (C=O) groups is 1. The van der Waals surface area contributed by atoms with Crippen molar-refractivity contribution >= 4 is 21.6 Å². The molecule has 2 N–H and O–H groups in total. The number of para-hydroxylation sites is 1. The summed E-state index contributed by atoms with van der Waals surface area (Å²) in [4.78, 5) is 13.0. The summed E-state index contributed by atoms with van der Waals surface area (Å²) in [7, 11) is -2.34. The van der Waals surface area contributed by atoms with Crippen molar-refractivity contribution in [3.8, 4) is 5.75 Å². The number of carbonyl (C=O) groups excluding carboxylic acids is 1. The summed E-state index contributed by atoms with van der Waals surface area (Å²) in [6.07, 6.45) is 1.15. The Balaban J connectivity index is 2.23. The summed E-state index contributed by atoms with van der Waals surface area (Å²) < 4.78 is 33.2. The molecule has 0 aromatic heterocycles. The van der Waals surface area contributed by atoms with Gasteiger partial charge in [0.2, 0.25) is 15.9 Å². The number of aryl methyl sites for hydroxylation is 1. The molecule has 0 aliphatic rings. The first-order valence-corrected chi connectivity index (χ1v) is 10.8. The first-order chi connectivity index (χ1) is 13.3. The highest BCUT2D eigenvalue weighted by atomic mass is 32.2. The van der Waals surface area contributed by atoms with E-state index in [9.17, 15) is 13.2 Å². The van der Waals surface area contributed by atoms with Gasteiger partial charge in [0.25, 0.3) is 0 Å². The second-order valence-corrected chi connectivity index (χ2v) is 8.69. The topological polar surface area (TPSA) is 84.5 Å². The minimum absolute atomic E-state index is 0.0869. The lowest BCUT2D eigenvalue weighted by molar-refractivity contribution is -0.118. The molecule has 0 radical (unpaired) electrons. The number of amides is 1. The lowest BCUT2D eigenvalue weighted by Gasteiger charge is -2.21. The van der Waals surface area contributed by atoms with Crippen LogP contribution < -0.4 is 14.8 Å². The van der Waals surface area contributed by atoms with Crippen LogP contribution in [0.2, 0.25) is 0 Å². The Hall–Kier alpha value is -2.38. The fourth-order valence-corrected chi connectivity index (χ4v) is 4.07. The van der Waals surface area contributed by atoms with Gasteiger partial charge < -0.3 is 10.1 Å². The zero-order valence-electron chi connectivity index (χ0n) is 16.7. The van der Waals surface area contributed by atoms with E-state index in [2.05, 4.69) is 10.0 Å². The van der Waals surface area contributed by atoms with Gasteiger partial charge in [-0.2, -0.15) is 4.72 Å². The molecule has 1 amide bonds. The van der Waals surface area contributed by atoms with Crippen LogP contribution in [-0.2, 0) is 21.2 Å². The van der Waals surface area contributed by atoms with Gasteiger partial charge in [-0.15, -0.1) is 0 Å². The van der Waals surface area contributed by atoms with E-state index in [0.717, 1.165) is 12.0 Å². The maximum atomic E-state index is 12.9. The molecule has 0 unspecified atom stereocenters. The van der Waals surface area contributed by atoms with Gasteiger partial charge in [-0.05, 0) is 54.7 Å². The summed E-state index contributed by atoms with van der Waals surface area (Å²) in [5, 5.41) is 2.87. The highest BCUT2D eigenvalue weighted by molar-refractivity contribution is 7.89. The molecule has 2 aromatic rings. The summed E-state index contributed by atoms with van der Waals surface area (Å²) in [5.41, 5.74) is 1.70. The first-order valence-electron chi connectivity index (χ1n) is 9.32. The number of hydrogen-bond donors (Lipinski definition) is 2. The van der Waals surface area contributed by atoms with Crippen molar-refractivity contribution < 1.29 is 17.9 Å². The predicted octanol–water partition coefficient (Wildman–Crippen LogP) is 3.59. The second kappa shape index (κ2) is 9.71. The Kier molecular flexibility index (Phi) is 7.60. The van der Waals surface area contributed by atoms with Crippen molar-refractivity contribution in [2.24, 2.45) is 5.92 Å². The number of rotatable bonds is 9. The number of anilines is 1. The minimum atomic E-state index is -3.85. The molecule has 1 atom stereocenters. The molecule has 0 fully saturated rings. The van der Waals surface area contributed by atoms with Gasteiger partial charge in [0.15, 0.2) is 0 Å². The van der Waals surface area contributed by atoms with Crippen molar-refractivity contribution in [3.63, 3.8) is 0 Å². The third-order valence-electron chi connectivity index (χ3n) is 4.35. The third-order valence-corrected chi connectivity index (χ3v) is 5.83. The van der Waals surface area contributed by atoms with E-state index in [0.29, 0.717) is 17.9 Å². The zero-order valence-corrected chi connectivity index (χ0v) is 17.5. The molecule has 0 bridgehead atoms. The highest BCUT2D eigenvalue weighted by Gasteiger charge is 2.27. The number of hydrogen-bond acceptors (Lipinski definition) is 4. The predicted molar refractivity (Wildman–Crippen MR) is 111 cm³/mol. The Labute approximate surface area is 167 Å². The van der Waals surface area contributed by atoms with Crippen LogP contribution in [0.15, 0.2) is 53.4 Å². The number of sulfonamides is 1. The van der Waals surface area contributed by atoms with Crippen molar-refractivity contribution in [2.45, 2.75) is 44.6 Å². The van der Waals surface area contributed by atoms with Gasteiger partial charge >= 0.3 is 0 Å². The van der Waals surface area contributed by atoms with Gasteiger partial charge in [-0.25, -0.2) is 8.42 Å². The largest absolute Gasteiger partial charge is 0.497 e. The Morgan fingerprint density at radius 1 is 1.07 bits per heavy atom. The number of methoxy groups -OCH3 is 1. The maximum Gasteiger partial charge on any atom is 0.242 e. The Morgan fingerprint density at radius 3 is 2.29 bits per heavy atom. The van der Waals surface area contributed by atoms with E-state index in [1.54, 1.807) is 12.1 Å². The van der Waals surface area contributed by atoms with Crippen LogP contribution in [0.1, 0.15) is 32.8 Å². The summed E-state index contributed by atoms with van der Waals surface area (Å²) in [6, 6.07) is 12.7.